The normalized spacial score (nSPS) is 21.2. The molecule has 0 saturated heterocycles. The first-order chi connectivity index (χ1) is 7.81. The van der Waals surface area contributed by atoms with E-state index in [9.17, 15) is 0 Å². The van der Waals surface area contributed by atoms with Crippen molar-refractivity contribution in [3.8, 4) is 6.07 Å². The standard InChI is InChI=1S/C14H16N2/c15-10-11-4-5-12-9-14(16-13(12)8-11)6-2-1-3-7-14/h4-5,8,16H,1-3,6-7,9H2. The van der Waals surface area contributed by atoms with Crippen LogP contribution in [-0.4, -0.2) is 5.54 Å². The van der Waals surface area contributed by atoms with E-state index in [1.54, 1.807) is 0 Å². The molecular formula is C14H16N2. The van der Waals surface area contributed by atoms with Gasteiger partial charge < -0.3 is 5.32 Å². The summed E-state index contributed by atoms with van der Waals surface area (Å²) in [7, 11) is 0. The average molecular weight is 212 g/mol. The zero-order valence-electron chi connectivity index (χ0n) is 9.42. The van der Waals surface area contributed by atoms with Crippen LogP contribution in [0, 0.1) is 11.3 Å². The maximum absolute atomic E-state index is 8.89. The zero-order chi connectivity index (χ0) is 11.0. The minimum absolute atomic E-state index is 0.314. The average Bonchev–Trinajstić information content (AvgIpc) is 2.66. The van der Waals surface area contributed by atoms with Gasteiger partial charge in [-0.25, -0.2) is 0 Å². The van der Waals surface area contributed by atoms with Gasteiger partial charge in [0.2, 0.25) is 0 Å². The quantitative estimate of drug-likeness (QED) is 0.716. The molecule has 82 valence electrons. The first-order valence-corrected chi connectivity index (χ1v) is 6.13. The van der Waals surface area contributed by atoms with E-state index in [0.29, 0.717) is 5.54 Å². The van der Waals surface area contributed by atoms with Gasteiger partial charge in [-0.1, -0.05) is 25.3 Å². The van der Waals surface area contributed by atoms with Gasteiger partial charge in [-0.05, 0) is 37.0 Å². The number of hydrogen-bond acceptors (Lipinski definition) is 2. The zero-order valence-corrected chi connectivity index (χ0v) is 9.42. The summed E-state index contributed by atoms with van der Waals surface area (Å²) in [6.07, 6.45) is 7.77. The number of rotatable bonds is 0. The van der Waals surface area contributed by atoms with Gasteiger partial charge in [0.05, 0.1) is 11.6 Å². The molecule has 1 aliphatic carbocycles. The van der Waals surface area contributed by atoms with Gasteiger partial charge in [-0.15, -0.1) is 0 Å². The molecule has 1 N–H and O–H groups in total. The molecule has 0 unspecified atom stereocenters. The highest BCUT2D eigenvalue weighted by Gasteiger charge is 2.37. The summed E-state index contributed by atoms with van der Waals surface area (Å²) in [4.78, 5) is 0. The number of benzene rings is 1. The summed E-state index contributed by atoms with van der Waals surface area (Å²) in [5.74, 6) is 0. The van der Waals surface area contributed by atoms with Gasteiger partial charge in [0.25, 0.3) is 0 Å². The molecule has 0 aromatic heterocycles. The van der Waals surface area contributed by atoms with Gasteiger partial charge in [0.15, 0.2) is 0 Å². The van der Waals surface area contributed by atoms with Crippen molar-refractivity contribution in [3.05, 3.63) is 29.3 Å². The Morgan fingerprint density at radius 3 is 2.75 bits per heavy atom. The molecule has 0 bridgehead atoms. The number of nitrogens with one attached hydrogen (secondary N) is 1. The molecule has 1 fully saturated rings. The molecule has 0 atom stereocenters. The molecule has 1 heterocycles. The summed E-state index contributed by atoms with van der Waals surface area (Å²) in [6, 6.07) is 8.25. The Hall–Kier alpha value is -1.49. The Morgan fingerprint density at radius 1 is 1.19 bits per heavy atom. The molecule has 16 heavy (non-hydrogen) atoms. The van der Waals surface area contributed by atoms with Crippen molar-refractivity contribution < 1.29 is 0 Å². The molecule has 2 aliphatic rings. The van der Waals surface area contributed by atoms with Crippen molar-refractivity contribution in [1.29, 1.82) is 5.26 Å². The number of nitriles is 1. The van der Waals surface area contributed by atoms with Crippen LogP contribution in [0.2, 0.25) is 0 Å². The summed E-state index contributed by atoms with van der Waals surface area (Å²) < 4.78 is 0. The second kappa shape index (κ2) is 3.52. The lowest BCUT2D eigenvalue weighted by molar-refractivity contribution is 0.333. The van der Waals surface area contributed by atoms with E-state index in [-0.39, 0.29) is 0 Å². The maximum Gasteiger partial charge on any atom is 0.0992 e. The van der Waals surface area contributed by atoms with Crippen LogP contribution < -0.4 is 5.32 Å². The Morgan fingerprint density at radius 2 is 2.00 bits per heavy atom. The van der Waals surface area contributed by atoms with E-state index in [1.165, 1.54) is 43.4 Å². The lowest BCUT2D eigenvalue weighted by Gasteiger charge is -2.34. The second-order valence-electron chi connectivity index (χ2n) is 5.13. The number of fused-ring (bicyclic) bond motifs is 1. The van der Waals surface area contributed by atoms with Gasteiger partial charge >= 0.3 is 0 Å². The lowest BCUT2D eigenvalue weighted by atomic mass is 9.80. The molecule has 1 aromatic carbocycles. The number of hydrogen-bond donors (Lipinski definition) is 1. The summed E-state index contributed by atoms with van der Waals surface area (Å²) in [6.45, 7) is 0. The largest absolute Gasteiger partial charge is 0.379 e. The molecule has 1 aliphatic heterocycles. The first-order valence-electron chi connectivity index (χ1n) is 6.13. The Labute approximate surface area is 96.3 Å². The Balaban J connectivity index is 1.91. The van der Waals surface area contributed by atoms with Crippen molar-refractivity contribution in [2.45, 2.75) is 44.1 Å². The second-order valence-corrected chi connectivity index (χ2v) is 5.13. The van der Waals surface area contributed by atoms with Crippen molar-refractivity contribution in [2.24, 2.45) is 0 Å². The third-order valence-electron chi connectivity index (χ3n) is 3.98. The third kappa shape index (κ3) is 1.48. The van der Waals surface area contributed by atoms with E-state index in [0.717, 1.165) is 12.0 Å². The molecule has 1 aromatic rings. The lowest BCUT2D eigenvalue weighted by Crippen LogP contribution is -2.38. The van der Waals surface area contributed by atoms with Crippen molar-refractivity contribution in [1.82, 2.24) is 0 Å². The van der Waals surface area contributed by atoms with E-state index in [1.807, 2.05) is 12.1 Å². The molecule has 2 nitrogen and oxygen atoms in total. The summed E-state index contributed by atoms with van der Waals surface area (Å²) >= 11 is 0. The van der Waals surface area contributed by atoms with Crippen molar-refractivity contribution >= 4 is 5.69 Å². The number of nitrogens with zero attached hydrogens (tertiary/aromatic N) is 1. The fraction of sp³-hybridized carbons (Fsp3) is 0.500. The molecule has 0 amide bonds. The van der Waals surface area contributed by atoms with Crippen LogP contribution in [0.1, 0.15) is 43.2 Å². The predicted molar refractivity (Wildman–Crippen MR) is 64.3 cm³/mol. The highest BCUT2D eigenvalue weighted by Crippen LogP contribution is 2.41. The van der Waals surface area contributed by atoms with Crippen LogP contribution in [0.25, 0.3) is 0 Å². The Bertz CT molecular complexity index is 450. The molecule has 0 radical (unpaired) electrons. The fourth-order valence-electron chi connectivity index (χ4n) is 3.14. The third-order valence-corrected chi connectivity index (χ3v) is 3.98. The topological polar surface area (TPSA) is 35.8 Å². The van der Waals surface area contributed by atoms with Crippen molar-refractivity contribution in [3.63, 3.8) is 0 Å². The first kappa shape index (κ1) is 9.72. The smallest absolute Gasteiger partial charge is 0.0992 e. The predicted octanol–water partition coefficient (Wildman–Crippen LogP) is 3.23. The molecule has 3 rings (SSSR count). The monoisotopic (exact) mass is 212 g/mol. The SMILES string of the molecule is N#Cc1ccc2c(c1)NC1(CCCCC1)C2. The molecular weight excluding hydrogens is 196 g/mol. The fourth-order valence-corrected chi connectivity index (χ4v) is 3.14. The van der Waals surface area contributed by atoms with Crippen molar-refractivity contribution in [2.75, 3.05) is 5.32 Å². The van der Waals surface area contributed by atoms with E-state index in [2.05, 4.69) is 17.5 Å². The minimum atomic E-state index is 0.314. The molecule has 1 spiro atoms. The van der Waals surface area contributed by atoms with Crippen LogP contribution in [0.5, 0.6) is 0 Å². The highest BCUT2D eigenvalue weighted by atomic mass is 15.0. The highest BCUT2D eigenvalue weighted by molar-refractivity contribution is 5.62. The van der Waals surface area contributed by atoms with Gasteiger partial charge in [0, 0.05) is 11.2 Å². The van der Waals surface area contributed by atoms with E-state index < -0.39 is 0 Å². The maximum atomic E-state index is 8.89. The van der Waals surface area contributed by atoms with Crippen LogP contribution in [-0.2, 0) is 6.42 Å². The Kier molecular flexibility index (Phi) is 2.14. The summed E-state index contributed by atoms with van der Waals surface area (Å²) in [5.41, 5.74) is 3.66. The molecule has 1 saturated carbocycles. The van der Waals surface area contributed by atoms with Crippen LogP contribution in [0.4, 0.5) is 5.69 Å². The summed E-state index contributed by atoms with van der Waals surface area (Å²) in [5, 5.41) is 12.6. The van der Waals surface area contributed by atoms with E-state index >= 15 is 0 Å². The number of anilines is 1. The van der Waals surface area contributed by atoms with Crippen LogP contribution in [0.15, 0.2) is 18.2 Å². The van der Waals surface area contributed by atoms with Gasteiger partial charge in [-0.3, -0.25) is 0 Å². The molecule has 2 heteroatoms. The van der Waals surface area contributed by atoms with Gasteiger partial charge in [0.1, 0.15) is 0 Å². The van der Waals surface area contributed by atoms with Crippen LogP contribution in [0.3, 0.4) is 0 Å². The van der Waals surface area contributed by atoms with E-state index in [4.69, 9.17) is 5.26 Å². The van der Waals surface area contributed by atoms with Gasteiger partial charge in [-0.2, -0.15) is 5.26 Å². The van der Waals surface area contributed by atoms with Crippen LogP contribution >= 0.6 is 0 Å². The minimum Gasteiger partial charge on any atom is -0.379 e.